The second-order valence-electron chi connectivity index (χ2n) is 3.74. The summed E-state index contributed by atoms with van der Waals surface area (Å²) in [5.41, 5.74) is 2.01. The number of benzene rings is 1. The minimum absolute atomic E-state index is 0.165. The van der Waals surface area contributed by atoms with Gasteiger partial charge >= 0.3 is 6.03 Å². The fourth-order valence-electron chi connectivity index (χ4n) is 1.54. The number of carbonyl (C=O) groups excluding carboxylic acids is 1. The largest absolute Gasteiger partial charge is 0.385 e. The SMILES string of the molecule is CCc1ccccc1NC(=O)NCCCOC. The first-order valence-corrected chi connectivity index (χ1v) is 5.89. The van der Waals surface area contributed by atoms with Crippen LogP contribution in [0.2, 0.25) is 0 Å². The maximum Gasteiger partial charge on any atom is 0.319 e. The van der Waals surface area contributed by atoms with E-state index in [1.807, 2.05) is 24.3 Å². The monoisotopic (exact) mass is 236 g/mol. The zero-order valence-corrected chi connectivity index (χ0v) is 10.5. The van der Waals surface area contributed by atoms with Crippen molar-refractivity contribution >= 4 is 11.7 Å². The molecule has 2 amide bonds. The van der Waals surface area contributed by atoms with Gasteiger partial charge in [0.25, 0.3) is 0 Å². The lowest BCUT2D eigenvalue weighted by Gasteiger charge is -2.10. The average molecular weight is 236 g/mol. The van der Waals surface area contributed by atoms with E-state index in [1.165, 1.54) is 0 Å². The van der Waals surface area contributed by atoms with E-state index in [1.54, 1.807) is 7.11 Å². The van der Waals surface area contributed by atoms with Crippen molar-refractivity contribution in [3.05, 3.63) is 29.8 Å². The number of carbonyl (C=O) groups is 1. The van der Waals surface area contributed by atoms with Gasteiger partial charge in [0.05, 0.1) is 0 Å². The highest BCUT2D eigenvalue weighted by Crippen LogP contribution is 2.14. The molecule has 0 aromatic heterocycles. The molecule has 0 atom stereocenters. The van der Waals surface area contributed by atoms with Crippen LogP contribution in [0.3, 0.4) is 0 Å². The fraction of sp³-hybridized carbons (Fsp3) is 0.462. The Balaban J connectivity index is 2.39. The standard InChI is InChI=1S/C13H20N2O2/c1-3-11-7-4-5-8-12(11)15-13(16)14-9-6-10-17-2/h4-5,7-8H,3,6,9-10H2,1-2H3,(H2,14,15,16). The summed E-state index contributed by atoms with van der Waals surface area (Å²) in [6.45, 7) is 3.34. The van der Waals surface area contributed by atoms with Gasteiger partial charge in [0.15, 0.2) is 0 Å². The second kappa shape index (κ2) is 7.68. The Morgan fingerprint density at radius 2 is 2.12 bits per heavy atom. The van der Waals surface area contributed by atoms with E-state index in [4.69, 9.17) is 4.74 Å². The quantitative estimate of drug-likeness (QED) is 0.745. The first kappa shape index (κ1) is 13.5. The molecule has 0 spiro atoms. The topological polar surface area (TPSA) is 50.4 Å². The van der Waals surface area contributed by atoms with Crippen molar-refractivity contribution in [2.75, 3.05) is 25.6 Å². The van der Waals surface area contributed by atoms with Gasteiger partial charge in [-0.25, -0.2) is 4.79 Å². The molecule has 0 heterocycles. The Labute approximate surface area is 102 Å². The number of anilines is 1. The highest BCUT2D eigenvalue weighted by molar-refractivity contribution is 5.90. The van der Waals surface area contributed by atoms with E-state index >= 15 is 0 Å². The van der Waals surface area contributed by atoms with Crippen molar-refractivity contribution in [2.45, 2.75) is 19.8 Å². The molecule has 0 radical (unpaired) electrons. The van der Waals surface area contributed by atoms with Crippen molar-refractivity contribution in [1.82, 2.24) is 5.32 Å². The van der Waals surface area contributed by atoms with E-state index in [9.17, 15) is 4.79 Å². The average Bonchev–Trinajstić information content (AvgIpc) is 2.35. The Kier molecular flexibility index (Phi) is 6.10. The van der Waals surface area contributed by atoms with E-state index < -0.39 is 0 Å². The summed E-state index contributed by atoms with van der Waals surface area (Å²) >= 11 is 0. The van der Waals surface area contributed by atoms with Crippen LogP contribution in [0.15, 0.2) is 24.3 Å². The van der Waals surface area contributed by atoms with Crippen LogP contribution in [0.1, 0.15) is 18.9 Å². The maximum absolute atomic E-state index is 11.6. The van der Waals surface area contributed by atoms with Crippen LogP contribution in [0.5, 0.6) is 0 Å². The summed E-state index contributed by atoms with van der Waals surface area (Å²) in [5, 5.41) is 5.63. The smallest absolute Gasteiger partial charge is 0.319 e. The molecule has 17 heavy (non-hydrogen) atoms. The van der Waals surface area contributed by atoms with E-state index in [0.717, 1.165) is 24.1 Å². The Morgan fingerprint density at radius 3 is 2.82 bits per heavy atom. The van der Waals surface area contributed by atoms with Gasteiger partial charge in [0.1, 0.15) is 0 Å². The molecule has 4 heteroatoms. The molecule has 0 saturated carbocycles. The van der Waals surface area contributed by atoms with Crippen LogP contribution in [0.4, 0.5) is 10.5 Å². The van der Waals surface area contributed by atoms with Crippen LogP contribution in [0, 0.1) is 0 Å². The lowest BCUT2D eigenvalue weighted by atomic mass is 10.1. The molecule has 4 nitrogen and oxygen atoms in total. The number of nitrogens with one attached hydrogen (secondary N) is 2. The van der Waals surface area contributed by atoms with Gasteiger partial charge in [-0.3, -0.25) is 0 Å². The molecule has 2 N–H and O–H groups in total. The van der Waals surface area contributed by atoms with Crippen LogP contribution in [-0.4, -0.2) is 26.3 Å². The third kappa shape index (κ3) is 4.87. The number of amides is 2. The van der Waals surface area contributed by atoms with Crippen molar-refractivity contribution in [3.63, 3.8) is 0 Å². The molecule has 0 fully saturated rings. The number of para-hydroxylation sites is 1. The van der Waals surface area contributed by atoms with Gasteiger partial charge in [-0.15, -0.1) is 0 Å². The molecule has 0 aliphatic heterocycles. The van der Waals surface area contributed by atoms with Gasteiger partial charge < -0.3 is 15.4 Å². The maximum atomic E-state index is 11.6. The number of urea groups is 1. The molecule has 0 aliphatic rings. The summed E-state index contributed by atoms with van der Waals surface area (Å²) in [4.78, 5) is 11.6. The number of aryl methyl sites for hydroxylation is 1. The van der Waals surface area contributed by atoms with Gasteiger partial charge in [0.2, 0.25) is 0 Å². The lowest BCUT2D eigenvalue weighted by molar-refractivity contribution is 0.194. The van der Waals surface area contributed by atoms with Crippen LogP contribution >= 0.6 is 0 Å². The van der Waals surface area contributed by atoms with Gasteiger partial charge in [-0.05, 0) is 24.5 Å². The molecule has 1 aromatic rings. The molecule has 94 valence electrons. The third-order valence-electron chi connectivity index (χ3n) is 2.46. The minimum atomic E-state index is -0.165. The van der Waals surface area contributed by atoms with Crippen molar-refractivity contribution in [3.8, 4) is 0 Å². The lowest BCUT2D eigenvalue weighted by Crippen LogP contribution is -2.30. The number of rotatable bonds is 6. The molecular formula is C13H20N2O2. The zero-order chi connectivity index (χ0) is 12.5. The highest BCUT2D eigenvalue weighted by Gasteiger charge is 2.03. The Hall–Kier alpha value is -1.55. The predicted octanol–water partition coefficient (Wildman–Crippen LogP) is 2.41. The number of hydrogen-bond acceptors (Lipinski definition) is 2. The third-order valence-corrected chi connectivity index (χ3v) is 2.46. The summed E-state index contributed by atoms with van der Waals surface area (Å²) in [5.74, 6) is 0. The molecule has 0 saturated heterocycles. The summed E-state index contributed by atoms with van der Waals surface area (Å²) in [6, 6.07) is 7.65. The normalized spacial score (nSPS) is 10.0. The number of methoxy groups -OCH3 is 1. The van der Waals surface area contributed by atoms with E-state index in [0.29, 0.717) is 13.2 Å². The van der Waals surface area contributed by atoms with Crippen LogP contribution < -0.4 is 10.6 Å². The fourth-order valence-corrected chi connectivity index (χ4v) is 1.54. The van der Waals surface area contributed by atoms with Gasteiger partial charge in [0, 0.05) is 25.9 Å². The van der Waals surface area contributed by atoms with Crippen molar-refractivity contribution < 1.29 is 9.53 Å². The molecule has 0 bridgehead atoms. The molecule has 0 aliphatic carbocycles. The van der Waals surface area contributed by atoms with Crippen molar-refractivity contribution in [1.29, 1.82) is 0 Å². The Bertz CT molecular complexity index is 353. The number of ether oxygens (including phenoxy) is 1. The van der Waals surface area contributed by atoms with Crippen LogP contribution in [0.25, 0.3) is 0 Å². The minimum Gasteiger partial charge on any atom is -0.385 e. The van der Waals surface area contributed by atoms with Crippen LogP contribution in [-0.2, 0) is 11.2 Å². The summed E-state index contributed by atoms with van der Waals surface area (Å²) in [7, 11) is 1.65. The van der Waals surface area contributed by atoms with Gasteiger partial charge in [-0.1, -0.05) is 25.1 Å². The second-order valence-corrected chi connectivity index (χ2v) is 3.74. The molecular weight excluding hydrogens is 216 g/mol. The number of hydrogen-bond donors (Lipinski definition) is 2. The molecule has 1 rings (SSSR count). The first-order chi connectivity index (χ1) is 8.27. The van der Waals surface area contributed by atoms with E-state index in [2.05, 4.69) is 17.6 Å². The summed E-state index contributed by atoms with van der Waals surface area (Å²) in [6.07, 6.45) is 1.72. The van der Waals surface area contributed by atoms with Gasteiger partial charge in [-0.2, -0.15) is 0 Å². The molecule has 0 unspecified atom stereocenters. The highest BCUT2D eigenvalue weighted by atomic mass is 16.5. The first-order valence-electron chi connectivity index (χ1n) is 5.89. The Morgan fingerprint density at radius 1 is 1.35 bits per heavy atom. The zero-order valence-electron chi connectivity index (χ0n) is 10.5. The molecule has 1 aromatic carbocycles. The van der Waals surface area contributed by atoms with Crippen molar-refractivity contribution in [2.24, 2.45) is 0 Å². The summed E-state index contributed by atoms with van der Waals surface area (Å²) < 4.78 is 4.91. The predicted molar refractivity (Wildman–Crippen MR) is 69.3 cm³/mol. The van der Waals surface area contributed by atoms with E-state index in [-0.39, 0.29) is 6.03 Å².